The van der Waals surface area contributed by atoms with E-state index in [1.54, 1.807) is 0 Å². The summed E-state index contributed by atoms with van der Waals surface area (Å²) in [7, 11) is 0. The molecule has 1 heterocycles. The summed E-state index contributed by atoms with van der Waals surface area (Å²) in [5.74, 6) is -3.01. The number of rotatable bonds is 4. The number of carbonyl (C=O) groups is 1. The van der Waals surface area contributed by atoms with Gasteiger partial charge in [-0.3, -0.25) is 0 Å². The summed E-state index contributed by atoms with van der Waals surface area (Å²) >= 11 is 0.370. The summed E-state index contributed by atoms with van der Waals surface area (Å²) < 4.78 is 51.7. The highest BCUT2D eigenvalue weighted by Crippen LogP contribution is 2.27. The van der Waals surface area contributed by atoms with Crippen LogP contribution in [-0.2, 0) is 0 Å². The Labute approximate surface area is 132 Å². The molecule has 0 fully saturated rings. The summed E-state index contributed by atoms with van der Waals surface area (Å²) in [4.78, 5) is 15.0. The summed E-state index contributed by atoms with van der Waals surface area (Å²) in [6, 6.07) is 2.11. The maximum Gasteiger partial charge on any atom is 0.398 e. The lowest BCUT2D eigenvalue weighted by molar-refractivity contribution is -0.105. The predicted octanol–water partition coefficient (Wildman–Crippen LogP) is 3.38. The fourth-order valence-corrected chi connectivity index (χ4v) is 2.48. The molecule has 0 amide bonds. The zero-order valence-corrected chi connectivity index (χ0v) is 12.8. The number of aromatic nitrogens is 3. The van der Waals surface area contributed by atoms with E-state index in [4.69, 9.17) is 5.11 Å². The quantitative estimate of drug-likeness (QED) is 0.677. The first-order valence-corrected chi connectivity index (χ1v) is 7.24. The average molecular weight is 349 g/mol. The van der Waals surface area contributed by atoms with Gasteiger partial charge in [0.15, 0.2) is 0 Å². The third-order valence-electron chi connectivity index (χ3n) is 2.87. The number of hydrogen-bond donors (Lipinski definition) is 1. The molecule has 0 aliphatic heterocycles. The first-order valence-electron chi connectivity index (χ1n) is 6.25. The number of alkyl halides is 3. The van der Waals surface area contributed by atoms with E-state index in [1.165, 1.54) is 13.8 Å². The first-order chi connectivity index (χ1) is 10.6. The zero-order chi connectivity index (χ0) is 17.4. The van der Waals surface area contributed by atoms with Gasteiger partial charge >= 0.3 is 12.1 Å². The van der Waals surface area contributed by atoms with E-state index in [2.05, 4.69) is 10.1 Å². The van der Waals surface area contributed by atoms with Crippen molar-refractivity contribution < 1.29 is 27.5 Å². The minimum absolute atomic E-state index is 0.124. The van der Waals surface area contributed by atoms with Gasteiger partial charge in [-0.15, -0.1) is 5.10 Å². The van der Waals surface area contributed by atoms with Crippen LogP contribution >= 0.6 is 11.8 Å². The van der Waals surface area contributed by atoms with Gasteiger partial charge in [0, 0.05) is 0 Å². The SMILES string of the molecule is Cc1cc(F)c(-n2nc(SCC(F)(F)F)nc2C)cc1C(=O)O. The summed E-state index contributed by atoms with van der Waals surface area (Å²) in [6.45, 7) is 2.87. The van der Waals surface area contributed by atoms with Crippen molar-refractivity contribution in [3.63, 3.8) is 0 Å². The molecule has 1 aromatic carbocycles. The fraction of sp³-hybridized carbons (Fsp3) is 0.308. The molecule has 5 nitrogen and oxygen atoms in total. The standard InChI is InChI=1S/C13H11F4N3O2S/c1-6-3-9(14)10(4-8(6)11(21)22)20-7(2)18-12(19-20)23-5-13(15,16)17/h3-4H,5H2,1-2H3,(H,21,22). The minimum Gasteiger partial charge on any atom is -0.478 e. The second-order valence-electron chi connectivity index (χ2n) is 4.68. The van der Waals surface area contributed by atoms with Crippen molar-refractivity contribution in [2.75, 3.05) is 5.75 Å². The van der Waals surface area contributed by atoms with E-state index in [-0.39, 0.29) is 27.8 Å². The molecule has 0 bridgehead atoms. The molecular weight excluding hydrogens is 338 g/mol. The Kier molecular flexibility index (Phi) is 4.64. The highest BCUT2D eigenvalue weighted by molar-refractivity contribution is 7.99. The van der Waals surface area contributed by atoms with E-state index >= 15 is 0 Å². The normalized spacial score (nSPS) is 11.7. The van der Waals surface area contributed by atoms with Crippen molar-refractivity contribution in [2.45, 2.75) is 25.2 Å². The molecule has 0 saturated heterocycles. The summed E-state index contributed by atoms with van der Waals surface area (Å²) in [5.41, 5.74) is -0.0826. The number of thioether (sulfide) groups is 1. The molecule has 10 heteroatoms. The number of hydrogen-bond acceptors (Lipinski definition) is 4. The van der Waals surface area contributed by atoms with Crippen LogP contribution in [0.25, 0.3) is 5.69 Å². The molecule has 1 N–H and O–H groups in total. The highest BCUT2D eigenvalue weighted by Gasteiger charge is 2.28. The molecule has 0 radical (unpaired) electrons. The molecule has 0 unspecified atom stereocenters. The molecule has 1 aromatic heterocycles. The Morgan fingerprint density at radius 3 is 2.57 bits per heavy atom. The fourth-order valence-electron chi connectivity index (χ4n) is 1.86. The first kappa shape index (κ1) is 17.3. The molecule has 2 rings (SSSR count). The number of aromatic carboxylic acids is 1. The zero-order valence-electron chi connectivity index (χ0n) is 12.0. The maximum absolute atomic E-state index is 14.1. The van der Waals surface area contributed by atoms with Crippen LogP contribution in [0.3, 0.4) is 0 Å². The minimum atomic E-state index is -4.38. The van der Waals surface area contributed by atoms with Crippen LogP contribution in [0.2, 0.25) is 0 Å². The Morgan fingerprint density at radius 1 is 1.35 bits per heavy atom. The molecule has 2 aromatic rings. The third kappa shape index (κ3) is 4.01. The largest absolute Gasteiger partial charge is 0.478 e. The van der Waals surface area contributed by atoms with Crippen LogP contribution in [0.4, 0.5) is 17.6 Å². The molecule has 0 aliphatic carbocycles. The maximum atomic E-state index is 14.1. The van der Waals surface area contributed by atoms with Gasteiger partial charge in [0.1, 0.15) is 17.3 Å². The van der Waals surface area contributed by atoms with E-state index in [9.17, 15) is 22.4 Å². The predicted molar refractivity (Wildman–Crippen MR) is 74.5 cm³/mol. The van der Waals surface area contributed by atoms with E-state index < -0.39 is 23.7 Å². The number of carboxylic acids is 1. The molecule has 0 spiro atoms. The number of aryl methyl sites for hydroxylation is 2. The Bertz CT molecular complexity index is 758. The second kappa shape index (κ2) is 6.19. The van der Waals surface area contributed by atoms with Crippen LogP contribution in [0.1, 0.15) is 21.7 Å². The summed E-state index contributed by atoms with van der Waals surface area (Å²) in [6.07, 6.45) is -4.38. The van der Waals surface area contributed by atoms with Gasteiger partial charge in [-0.2, -0.15) is 13.2 Å². The average Bonchev–Trinajstić information content (AvgIpc) is 2.76. The van der Waals surface area contributed by atoms with Crippen molar-refractivity contribution in [1.82, 2.24) is 14.8 Å². The number of nitrogens with zero attached hydrogens (tertiary/aromatic N) is 3. The van der Waals surface area contributed by atoms with Gasteiger partial charge in [-0.25, -0.2) is 18.9 Å². The Hall–Kier alpha value is -2.10. The van der Waals surface area contributed by atoms with Crippen LogP contribution in [0.5, 0.6) is 0 Å². The van der Waals surface area contributed by atoms with Gasteiger partial charge in [-0.1, -0.05) is 11.8 Å². The van der Waals surface area contributed by atoms with Gasteiger partial charge in [-0.05, 0) is 31.5 Å². The lowest BCUT2D eigenvalue weighted by Gasteiger charge is -2.08. The number of benzene rings is 1. The molecule has 0 aliphatic rings. The molecule has 0 saturated carbocycles. The lowest BCUT2D eigenvalue weighted by atomic mass is 10.1. The van der Waals surface area contributed by atoms with E-state index in [1.807, 2.05) is 0 Å². The molecule has 124 valence electrons. The van der Waals surface area contributed by atoms with E-state index in [0.29, 0.717) is 11.8 Å². The van der Waals surface area contributed by atoms with Crippen molar-refractivity contribution in [1.29, 1.82) is 0 Å². The molecular formula is C13H11F4N3O2S. The Balaban J connectivity index is 2.41. The van der Waals surface area contributed by atoms with Gasteiger partial charge in [0.25, 0.3) is 0 Å². The molecule has 23 heavy (non-hydrogen) atoms. The van der Waals surface area contributed by atoms with Gasteiger partial charge in [0.2, 0.25) is 5.16 Å². The van der Waals surface area contributed by atoms with Crippen LogP contribution in [0.15, 0.2) is 17.3 Å². The monoisotopic (exact) mass is 349 g/mol. The van der Waals surface area contributed by atoms with Crippen molar-refractivity contribution in [3.8, 4) is 5.69 Å². The topological polar surface area (TPSA) is 68.0 Å². The molecule has 0 atom stereocenters. The van der Waals surface area contributed by atoms with Crippen molar-refractivity contribution in [3.05, 3.63) is 34.9 Å². The van der Waals surface area contributed by atoms with Crippen LogP contribution in [0, 0.1) is 19.7 Å². The van der Waals surface area contributed by atoms with E-state index in [0.717, 1.165) is 16.8 Å². The van der Waals surface area contributed by atoms with Gasteiger partial charge in [0.05, 0.1) is 11.3 Å². The lowest BCUT2D eigenvalue weighted by Crippen LogP contribution is -2.11. The van der Waals surface area contributed by atoms with Crippen molar-refractivity contribution in [2.24, 2.45) is 0 Å². The van der Waals surface area contributed by atoms with Crippen LogP contribution in [-0.4, -0.2) is 37.8 Å². The number of carboxylic acid groups (broad SMARTS) is 1. The smallest absolute Gasteiger partial charge is 0.398 e. The Morgan fingerprint density at radius 2 is 2.00 bits per heavy atom. The third-order valence-corrected chi connectivity index (χ3v) is 3.77. The summed E-state index contributed by atoms with van der Waals surface area (Å²) in [5, 5.41) is 12.7. The number of halogens is 4. The van der Waals surface area contributed by atoms with Crippen LogP contribution < -0.4 is 0 Å². The highest BCUT2D eigenvalue weighted by atomic mass is 32.2. The van der Waals surface area contributed by atoms with Crippen molar-refractivity contribution >= 4 is 17.7 Å². The van der Waals surface area contributed by atoms with Gasteiger partial charge < -0.3 is 5.11 Å². The second-order valence-corrected chi connectivity index (χ2v) is 5.62.